The maximum atomic E-state index is 13.6. The molecule has 27 heteroatoms. The van der Waals surface area contributed by atoms with E-state index >= 15 is 0 Å². The van der Waals surface area contributed by atoms with Crippen molar-refractivity contribution in [2.45, 2.75) is 80.2 Å². The van der Waals surface area contributed by atoms with Gasteiger partial charge in [0.15, 0.2) is 12.0 Å². The first-order chi connectivity index (χ1) is 28.3. The zero-order chi connectivity index (χ0) is 44.6. The number of alkyl carbamates (subject to hydrolysis) is 1. The van der Waals surface area contributed by atoms with Crippen molar-refractivity contribution in [1.82, 2.24) is 25.5 Å². The fraction of sp³-hybridized carbons (Fsp3) is 0.788. The van der Waals surface area contributed by atoms with Gasteiger partial charge in [-0.1, -0.05) is 0 Å². The number of carbonyl (C=O) groups excluding carboxylic acids is 3. The van der Waals surface area contributed by atoms with Crippen LogP contribution in [-0.4, -0.2) is 204 Å². The number of aromatic nitrogens is 2. The molecule has 3 heterocycles. The molecule has 1 aromatic heterocycles. The van der Waals surface area contributed by atoms with Gasteiger partial charge in [0.2, 0.25) is 11.8 Å². The maximum Gasteiger partial charge on any atom is 0.407 e. The monoisotopic (exact) mass is 904 g/mol. The summed E-state index contributed by atoms with van der Waals surface area (Å²) >= 11 is 1.27. The predicted molar refractivity (Wildman–Crippen MR) is 208 cm³/mol. The van der Waals surface area contributed by atoms with Crippen LogP contribution in [0.15, 0.2) is 17.1 Å². The summed E-state index contributed by atoms with van der Waals surface area (Å²) in [6.07, 6.45) is -13.5. The minimum Gasteiger partial charge on any atom is -0.447 e. The molecule has 60 heavy (non-hydrogen) atoms. The maximum absolute atomic E-state index is 13.6. The Morgan fingerprint density at radius 3 is 2.48 bits per heavy atom. The van der Waals surface area contributed by atoms with Crippen molar-refractivity contribution in [3.63, 3.8) is 0 Å². The second kappa shape index (κ2) is 24.6. The summed E-state index contributed by atoms with van der Waals surface area (Å²) in [6, 6.07) is -1.41. The summed E-state index contributed by atoms with van der Waals surface area (Å²) < 4.78 is 57.2. The Balaban J connectivity index is 1.64. The van der Waals surface area contributed by atoms with Gasteiger partial charge in [-0.15, -0.1) is 0 Å². The lowest BCUT2D eigenvalue weighted by molar-refractivity contribution is -0.282. The molecule has 11 N–H and O–H groups in total. The van der Waals surface area contributed by atoms with Crippen molar-refractivity contribution in [1.29, 1.82) is 0 Å². The largest absolute Gasteiger partial charge is 0.447 e. The topological polar surface area (TPSA) is 360 Å². The van der Waals surface area contributed by atoms with Gasteiger partial charge in [-0.3, -0.25) is 23.2 Å². The molecule has 0 aromatic carbocycles. The van der Waals surface area contributed by atoms with E-state index in [1.165, 1.54) is 45.2 Å². The molecular formula is C33H57N6O19PS. The van der Waals surface area contributed by atoms with E-state index < -0.39 is 124 Å². The zero-order valence-electron chi connectivity index (χ0n) is 33.5. The fourth-order valence-corrected chi connectivity index (χ4v) is 8.12. The highest BCUT2D eigenvalue weighted by molar-refractivity contribution is 7.99. The number of amides is 3. The summed E-state index contributed by atoms with van der Waals surface area (Å²) in [5.74, 6) is -3.31. The number of carbonyl (C=O) groups is 3. The van der Waals surface area contributed by atoms with Gasteiger partial charge in [0.25, 0.3) is 0 Å². The van der Waals surface area contributed by atoms with Crippen LogP contribution in [0, 0.1) is 0 Å². The second-order valence-electron chi connectivity index (χ2n) is 13.8. The van der Waals surface area contributed by atoms with Crippen molar-refractivity contribution in [2.75, 3.05) is 90.9 Å². The van der Waals surface area contributed by atoms with Gasteiger partial charge in [0, 0.05) is 45.0 Å². The molecular weight excluding hydrogens is 847 g/mol. The molecule has 2 fully saturated rings. The van der Waals surface area contributed by atoms with Crippen molar-refractivity contribution in [3.8, 4) is 0 Å². The van der Waals surface area contributed by atoms with E-state index in [9.17, 15) is 54.4 Å². The lowest BCUT2D eigenvalue weighted by Crippen LogP contribution is -2.66. The molecule has 344 valence electrons. The Hall–Kier alpha value is -3.05. The number of nitrogens with two attached hydrogens (primary N) is 1. The molecule has 3 amide bonds. The van der Waals surface area contributed by atoms with Gasteiger partial charge in [-0.2, -0.15) is 16.7 Å². The third kappa shape index (κ3) is 15.7. The Labute approximate surface area is 349 Å². The number of hydrogen-bond donors (Lipinski definition) is 10. The number of nitrogens with zero attached hydrogens (tertiary/aromatic N) is 2. The van der Waals surface area contributed by atoms with E-state index in [0.717, 1.165) is 11.2 Å². The number of hydrogen-bond acceptors (Lipinski definition) is 22. The zero-order valence-corrected chi connectivity index (χ0v) is 35.2. The minimum atomic E-state index is -4.25. The van der Waals surface area contributed by atoms with Crippen molar-refractivity contribution in [3.05, 3.63) is 22.7 Å². The average Bonchev–Trinajstić information content (AvgIpc) is 3.47. The molecule has 5 unspecified atom stereocenters. The van der Waals surface area contributed by atoms with Crippen LogP contribution in [0.2, 0.25) is 0 Å². The lowest BCUT2D eigenvalue weighted by Gasteiger charge is -2.47. The third-order valence-corrected chi connectivity index (χ3v) is 11.3. The fourth-order valence-electron chi connectivity index (χ4n) is 5.96. The molecule has 2 aliphatic rings. The number of aliphatic hydroxyl groups excluding tert-OH is 6. The van der Waals surface area contributed by atoms with Crippen LogP contribution in [0.1, 0.15) is 19.6 Å². The summed E-state index contributed by atoms with van der Waals surface area (Å²) in [5, 5.41) is 70.4. The van der Waals surface area contributed by atoms with E-state index in [2.05, 4.69) is 20.9 Å². The van der Waals surface area contributed by atoms with Gasteiger partial charge in [0.1, 0.15) is 55.1 Å². The Kier molecular flexibility index (Phi) is 21.0. The van der Waals surface area contributed by atoms with Gasteiger partial charge in [-0.25, -0.2) is 9.59 Å². The van der Waals surface area contributed by atoms with Gasteiger partial charge < -0.3 is 85.3 Å². The summed E-state index contributed by atoms with van der Waals surface area (Å²) in [7, 11) is -1.31. The van der Waals surface area contributed by atoms with Crippen LogP contribution in [0.4, 0.5) is 10.6 Å². The number of methoxy groups -OCH3 is 2. The second-order valence-corrected chi connectivity index (χ2v) is 16.9. The molecule has 2 aliphatic heterocycles. The Bertz CT molecular complexity index is 1640. The molecule has 3 rings (SSSR count). The highest BCUT2D eigenvalue weighted by Gasteiger charge is 2.52. The summed E-state index contributed by atoms with van der Waals surface area (Å²) in [4.78, 5) is 54.4. The van der Waals surface area contributed by atoms with Gasteiger partial charge in [-0.05, 0) is 13.0 Å². The van der Waals surface area contributed by atoms with E-state index in [0.29, 0.717) is 25.6 Å². The molecule has 12 atom stereocenters. The number of ether oxygens (including phenoxy) is 6. The number of nitrogen functional groups attached to an aromatic ring is 1. The highest BCUT2D eigenvalue weighted by Crippen LogP contribution is 2.51. The first-order valence-electron chi connectivity index (χ1n) is 18.6. The Morgan fingerprint density at radius 2 is 1.82 bits per heavy atom. The van der Waals surface area contributed by atoms with Crippen LogP contribution in [-0.2, 0) is 51.6 Å². The van der Waals surface area contributed by atoms with E-state index in [4.69, 9.17) is 43.2 Å². The van der Waals surface area contributed by atoms with Gasteiger partial charge >= 0.3 is 19.4 Å². The van der Waals surface area contributed by atoms with Crippen molar-refractivity contribution >= 4 is 43.1 Å². The van der Waals surface area contributed by atoms with Crippen molar-refractivity contribution < 1.29 is 87.1 Å². The number of thioether (sulfide) groups is 1. The average molecular weight is 905 g/mol. The Morgan fingerprint density at radius 1 is 1.12 bits per heavy atom. The van der Waals surface area contributed by atoms with Crippen LogP contribution < -0.4 is 27.4 Å². The standard InChI is InChI=1S/C33H57N6O19PS/c1-33(58-59(4,50)55-16-21-26(45)27(46)30(56-21)39-6-5-22(34)37-31(39)48)13-19(41)24(28(57-33)25(44)20(42)15-40)38-23(43)14-35-29(47)18(36-32(49)54-10-8-52-3)17-60-12-11-53-9-7-51-2/h5-6,18-21,24-28,30,40-42,44-46H,7-17H2,1-4H3,(H,35,47)(H,36,49)(H,38,43)(H2,34,37,48)/t18?,19-,20-,21?,24-,25-,26-,27-,28?,30?,33+,59?/m1/s1. The number of rotatable bonds is 25. The number of nitrogens with one attached hydrogen (secondary N) is 3. The van der Waals surface area contributed by atoms with Crippen molar-refractivity contribution in [2.24, 2.45) is 0 Å². The van der Waals surface area contributed by atoms with E-state index in [1.54, 1.807) is 0 Å². The lowest BCUT2D eigenvalue weighted by atomic mass is 9.89. The quantitative estimate of drug-likeness (QED) is 0.0327. The first kappa shape index (κ1) is 51.3. The summed E-state index contributed by atoms with van der Waals surface area (Å²) in [6.45, 7) is 1.03. The van der Waals surface area contributed by atoms with Crippen LogP contribution in [0.25, 0.3) is 0 Å². The molecule has 1 aromatic rings. The van der Waals surface area contributed by atoms with E-state index in [1.807, 2.05) is 0 Å². The molecule has 0 saturated carbocycles. The van der Waals surface area contributed by atoms with Crippen LogP contribution >= 0.6 is 19.4 Å². The van der Waals surface area contributed by atoms with Crippen LogP contribution in [0.3, 0.4) is 0 Å². The third-order valence-electron chi connectivity index (χ3n) is 8.92. The van der Waals surface area contributed by atoms with E-state index in [-0.39, 0.29) is 24.8 Å². The molecule has 0 aliphatic carbocycles. The molecule has 0 spiro atoms. The molecule has 0 radical (unpaired) electrons. The van der Waals surface area contributed by atoms with Gasteiger partial charge in [0.05, 0.1) is 58.3 Å². The number of anilines is 1. The van der Waals surface area contributed by atoms with Crippen LogP contribution in [0.5, 0.6) is 0 Å². The smallest absolute Gasteiger partial charge is 0.407 e. The molecule has 0 bridgehead atoms. The predicted octanol–water partition coefficient (Wildman–Crippen LogP) is -4.38. The molecule has 25 nitrogen and oxygen atoms in total. The first-order valence-corrected chi connectivity index (χ1v) is 21.7. The molecule has 2 saturated heterocycles. The number of aliphatic hydroxyl groups is 6. The normalized spacial score (nSPS) is 27.9. The summed E-state index contributed by atoms with van der Waals surface area (Å²) in [5.41, 5.74) is 4.63. The minimum absolute atomic E-state index is 0.0615. The highest BCUT2D eigenvalue weighted by atomic mass is 32.2. The SMILES string of the molecule is COCCOCCSCC(NC(=O)OCCOC)C(=O)NCC(=O)N[C@H]1C([C@H](O)[C@H](O)CO)O[C@@](C)(OP(C)(=O)OCC2OC(n3ccc(N)nc3=O)[C@H](O)[C@@H]2O)C[C@H]1O.